The van der Waals surface area contributed by atoms with Crippen molar-refractivity contribution in [3.05, 3.63) is 42.9 Å². The standard InChI is InChI=1S/C26H29N7O3/c1-35-23-14-28-26(30-21-6-8-22(9-7-21)33-10-11-36-17-24(33)34)31-25(23)20-13-29-32(16-20)15-19(12-27)18-4-2-3-5-18/h6-9,13-14,16,18-19H,2-5,10-11,15,17H2,1H3,(H,28,30,31). The van der Waals surface area contributed by atoms with Crippen molar-refractivity contribution < 1.29 is 14.3 Å². The zero-order valence-electron chi connectivity index (χ0n) is 20.3. The average molecular weight is 488 g/mol. The van der Waals surface area contributed by atoms with Crippen molar-refractivity contribution in [1.29, 1.82) is 5.26 Å². The molecule has 1 aliphatic heterocycles. The normalized spacial score (nSPS) is 17.1. The summed E-state index contributed by atoms with van der Waals surface area (Å²) in [5.74, 6) is 1.30. The molecule has 2 aromatic heterocycles. The number of carbonyl (C=O) groups is 1. The first-order chi connectivity index (χ1) is 17.6. The topological polar surface area (TPSA) is 118 Å². The molecule has 1 saturated carbocycles. The van der Waals surface area contributed by atoms with E-state index in [1.807, 2.05) is 35.1 Å². The summed E-state index contributed by atoms with van der Waals surface area (Å²) in [7, 11) is 1.58. The second kappa shape index (κ2) is 10.7. The van der Waals surface area contributed by atoms with Crippen LogP contribution in [0.5, 0.6) is 5.75 Å². The van der Waals surface area contributed by atoms with Crippen LogP contribution >= 0.6 is 0 Å². The highest BCUT2D eigenvalue weighted by Crippen LogP contribution is 2.33. The van der Waals surface area contributed by atoms with Crippen molar-refractivity contribution in [2.45, 2.75) is 32.2 Å². The van der Waals surface area contributed by atoms with Crippen LogP contribution in [0.15, 0.2) is 42.9 Å². The Kier molecular flexibility index (Phi) is 7.09. The highest BCUT2D eigenvalue weighted by atomic mass is 16.5. The lowest BCUT2D eigenvalue weighted by molar-refractivity contribution is -0.125. The Morgan fingerprint density at radius 2 is 2.06 bits per heavy atom. The van der Waals surface area contributed by atoms with Crippen LogP contribution in [0.1, 0.15) is 25.7 Å². The van der Waals surface area contributed by atoms with Crippen LogP contribution in [-0.4, -0.2) is 52.5 Å². The molecule has 0 spiro atoms. The first-order valence-electron chi connectivity index (χ1n) is 12.2. The molecule has 3 aromatic rings. The van der Waals surface area contributed by atoms with E-state index in [2.05, 4.69) is 26.5 Å². The maximum absolute atomic E-state index is 12.1. The molecule has 5 rings (SSSR count). The summed E-state index contributed by atoms with van der Waals surface area (Å²) in [6, 6.07) is 10.0. The summed E-state index contributed by atoms with van der Waals surface area (Å²) in [6.45, 7) is 1.75. The molecule has 10 nitrogen and oxygen atoms in total. The van der Waals surface area contributed by atoms with Crippen LogP contribution in [0.2, 0.25) is 0 Å². The molecule has 2 aliphatic rings. The Balaban J connectivity index is 1.31. The minimum absolute atomic E-state index is 0.0412. The number of methoxy groups -OCH3 is 1. The highest BCUT2D eigenvalue weighted by Gasteiger charge is 2.26. The number of nitriles is 1. The van der Waals surface area contributed by atoms with Crippen LogP contribution in [0, 0.1) is 23.2 Å². The van der Waals surface area contributed by atoms with E-state index >= 15 is 0 Å². The predicted molar refractivity (Wildman–Crippen MR) is 134 cm³/mol. The second-order valence-corrected chi connectivity index (χ2v) is 9.11. The van der Waals surface area contributed by atoms with Gasteiger partial charge in [0.1, 0.15) is 12.3 Å². The lowest BCUT2D eigenvalue weighted by Gasteiger charge is -2.26. The largest absolute Gasteiger partial charge is 0.493 e. The van der Waals surface area contributed by atoms with E-state index < -0.39 is 0 Å². The molecule has 36 heavy (non-hydrogen) atoms. The fourth-order valence-corrected chi connectivity index (χ4v) is 4.87. The molecule has 1 atom stereocenters. The number of morpholine rings is 1. The van der Waals surface area contributed by atoms with Gasteiger partial charge in [-0.05, 0) is 43.0 Å². The summed E-state index contributed by atoms with van der Waals surface area (Å²) >= 11 is 0. The van der Waals surface area contributed by atoms with E-state index in [0.717, 1.165) is 29.8 Å². The fraction of sp³-hybridized carbons (Fsp3) is 0.423. The lowest BCUT2D eigenvalue weighted by Crippen LogP contribution is -2.41. The molecule has 10 heteroatoms. The van der Waals surface area contributed by atoms with E-state index in [1.165, 1.54) is 12.8 Å². The van der Waals surface area contributed by atoms with Crippen molar-refractivity contribution in [3.8, 4) is 23.1 Å². The third-order valence-electron chi connectivity index (χ3n) is 6.82. The first kappa shape index (κ1) is 23.8. The van der Waals surface area contributed by atoms with E-state index in [9.17, 15) is 10.1 Å². The third kappa shape index (κ3) is 5.16. The number of benzene rings is 1. The Labute approximate surface area is 209 Å². The zero-order chi connectivity index (χ0) is 24.9. The van der Waals surface area contributed by atoms with Gasteiger partial charge in [-0.15, -0.1) is 0 Å². The molecule has 1 amide bonds. The number of hydrogen-bond acceptors (Lipinski definition) is 8. The van der Waals surface area contributed by atoms with Gasteiger partial charge in [0.05, 0.1) is 44.6 Å². The summed E-state index contributed by atoms with van der Waals surface area (Å²) in [4.78, 5) is 22.9. The molecular formula is C26H29N7O3. The number of amides is 1. The number of anilines is 3. The molecule has 186 valence electrons. The second-order valence-electron chi connectivity index (χ2n) is 9.11. The van der Waals surface area contributed by atoms with Gasteiger partial charge in [0, 0.05) is 29.7 Å². The summed E-state index contributed by atoms with van der Waals surface area (Å²) in [5, 5.41) is 17.4. The Hall–Kier alpha value is -3.97. The van der Waals surface area contributed by atoms with Crippen LogP contribution in [-0.2, 0) is 16.1 Å². The number of carbonyl (C=O) groups excluding carboxylic acids is 1. The number of aromatic nitrogens is 4. The quantitative estimate of drug-likeness (QED) is 0.510. The molecule has 0 bridgehead atoms. The minimum Gasteiger partial charge on any atom is -0.493 e. The van der Waals surface area contributed by atoms with Gasteiger partial charge in [0.15, 0.2) is 5.75 Å². The van der Waals surface area contributed by atoms with Crippen LogP contribution < -0.4 is 15.0 Å². The number of nitrogens with zero attached hydrogens (tertiary/aromatic N) is 6. The van der Waals surface area contributed by atoms with Crippen molar-refractivity contribution in [1.82, 2.24) is 19.7 Å². The van der Waals surface area contributed by atoms with Gasteiger partial charge in [0.2, 0.25) is 5.95 Å². The third-order valence-corrected chi connectivity index (χ3v) is 6.82. The van der Waals surface area contributed by atoms with Gasteiger partial charge in [-0.25, -0.2) is 9.97 Å². The molecule has 1 aliphatic carbocycles. The number of hydrogen-bond donors (Lipinski definition) is 1. The Bertz CT molecular complexity index is 1250. The Morgan fingerprint density at radius 3 is 2.78 bits per heavy atom. The molecule has 1 unspecified atom stereocenters. The van der Waals surface area contributed by atoms with Gasteiger partial charge < -0.3 is 19.7 Å². The fourth-order valence-electron chi connectivity index (χ4n) is 4.87. The maximum atomic E-state index is 12.1. The minimum atomic E-state index is -0.0463. The molecule has 1 aromatic carbocycles. The first-order valence-corrected chi connectivity index (χ1v) is 12.2. The SMILES string of the molecule is COc1cnc(Nc2ccc(N3CCOCC3=O)cc2)nc1-c1cnn(CC(C#N)C2CCCC2)c1. The highest BCUT2D eigenvalue weighted by molar-refractivity contribution is 5.95. The van der Waals surface area contributed by atoms with Crippen LogP contribution in [0.3, 0.4) is 0 Å². The summed E-state index contributed by atoms with van der Waals surface area (Å²) in [5.41, 5.74) is 3.03. The number of rotatable bonds is 8. The summed E-state index contributed by atoms with van der Waals surface area (Å²) < 4.78 is 12.5. The van der Waals surface area contributed by atoms with Gasteiger partial charge in [-0.3, -0.25) is 9.48 Å². The molecular weight excluding hydrogens is 458 g/mol. The number of nitrogens with one attached hydrogen (secondary N) is 1. The van der Waals surface area contributed by atoms with E-state index in [0.29, 0.717) is 43.0 Å². The van der Waals surface area contributed by atoms with Crippen molar-refractivity contribution in [3.63, 3.8) is 0 Å². The van der Waals surface area contributed by atoms with Gasteiger partial charge in [-0.2, -0.15) is 10.4 Å². The van der Waals surface area contributed by atoms with Crippen LogP contribution in [0.25, 0.3) is 11.3 Å². The zero-order valence-corrected chi connectivity index (χ0v) is 20.3. The van der Waals surface area contributed by atoms with E-state index in [4.69, 9.17) is 9.47 Å². The number of ether oxygens (including phenoxy) is 2. The van der Waals surface area contributed by atoms with Gasteiger partial charge in [-0.1, -0.05) is 12.8 Å². The lowest BCUT2D eigenvalue weighted by atomic mass is 9.92. The molecule has 2 fully saturated rings. The van der Waals surface area contributed by atoms with Crippen molar-refractivity contribution in [2.75, 3.05) is 37.1 Å². The van der Waals surface area contributed by atoms with Crippen LogP contribution in [0.4, 0.5) is 17.3 Å². The van der Waals surface area contributed by atoms with E-state index in [-0.39, 0.29) is 18.4 Å². The predicted octanol–water partition coefficient (Wildman–Crippen LogP) is 3.79. The van der Waals surface area contributed by atoms with E-state index in [1.54, 1.807) is 24.4 Å². The monoisotopic (exact) mass is 487 g/mol. The van der Waals surface area contributed by atoms with Gasteiger partial charge >= 0.3 is 0 Å². The summed E-state index contributed by atoms with van der Waals surface area (Å²) in [6.07, 6.45) is 9.91. The average Bonchev–Trinajstić information content (AvgIpc) is 3.61. The molecule has 3 heterocycles. The van der Waals surface area contributed by atoms with Crippen molar-refractivity contribution in [2.24, 2.45) is 11.8 Å². The van der Waals surface area contributed by atoms with Crippen molar-refractivity contribution >= 4 is 23.2 Å². The maximum Gasteiger partial charge on any atom is 0.253 e. The molecule has 0 radical (unpaired) electrons. The molecule has 1 N–H and O–H groups in total. The molecule has 1 saturated heterocycles. The Morgan fingerprint density at radius 1 is 1.25 bits per heavy atom. The van der Waals surface area contributed by atoms with Gasteiger partial charge in [0.25, 0.3) is 5.91 Å². The smallest absolute Gasteiger partial charge is 0.253 e.